The van der Waals surface area contributed by atoms with Crippen LogP contribution in [-0.2, 0) is 9.47 Å². The maximum atomic E-state index is 11.9. The van der Waals surface area contributed by atoms with E-state index < -0.39 is 0 Å². The van der Waals surface area contributed by atoms with Crippen molar-refractivity contribution in [1.82, 2.24) is 0 Å². The van der Waals surface area contributed by atoms with Crippen molar-refractivity contribution in [3.63, 3.8) is 0 Å². The average molecular weight is 294 g/mol. The lowest BCUT2D eigenvalue weighted by atomic mass is 10.1. The van der Waals surface area contributed by atoms with E-state index in [1.807, 2.05) is 0 Å². The van der Waals surface area contributed by atoms with E-state index >= 15 is 0 Å². The molecule has 0 spiro atoms. The molecule has 5 nitrogen and oxygen atoms in total. The fraction of sp³-hybridized carbons (Fsp3) is 0.562. The first-order valence-corrected chi connectivity index (χ1v) is 7.23. The van der Waals surface area contributed by atoms with Crippen LogP contribution in [0.15, 0.2) is 18.2 Å². The Labute approximate surface area is 125 Å². The number of hydrogen-bond acceptors (Lipinski definition) is 5. The highest BCUT2D eigenvalue weighted by Crippen LogP contribution is 2.29. The van der Waals surface area contributed by atoms with Crippen LogP contribution in [0.1, 0.15) is 30.6 Å². The molecule has 21 heavy (non-hydrogen) atoms. The zero-order valence-electron chi connectivity index (χ0n) is 12.8. The van der Waals surface area contributed by atoms with Gasteiger partial charge in [-0.15, -0.1) is 0 Å². The second kappa shape index (κ2) is 7.31. The zero-order chi connectivity index (χ0) is 15.2. The van der Waals surface area contributed by atoms with Gasteiger partial charge in [-0.1, -0.05) is 20.3 Å². The van der Waals surface area contributed by atoms with E-state index in [-0.39, 0.29) is 12.1 Å². The molecule has 0 bridgehead atoms. The Morgan fingerprint density at radius 3 is 2.81 bits per heavy atom. The van der Waals surface area contributed by atoms with E-state index in [0.717, 1.165) is 6.42 Å². The minimum atomic E-state index is -0.378. The molecule has 116 valence electrons. The summed E-state index contributed by atoms with van der Waals surface area (Å²) in [6.45, 7) is 5.83. The van der Waals surface area contributed by atoms with Crippen molar-refractivity contribution < 1.29 is 23.7 Å². The molecule has 0 N–H and O–H groups in total. The minimum Gasteiger partial charge on any atom is -0.493 e. The van der Waals surface area contributed by atoms with Gasteiger partial charge in [-0.25, -0.2) is 4.79 Å². The Morgan fingerprint density at radius 2 is 2.19 bits per heavy atom. The van der Waals surface area contributed by atoms with E-state index in [4.69, 9.17) is 18.9 Å². The van der Waals surface area contributed by atoms with Gasteiger partial charge in [-0.05, 0) is 24.1 Å². The lowest BCUT2D eigenvalue weighted by Gasteiger charge is -2.14. The van der Waals surface area contributed by atoms with Crippen LogP contribution in [0.4, 0.5) is 0 Å². The summed E-state index contributed by atoms with van der Waals surface area (Å²) in [6, 6.07) is 5.07. The second-order valence-electron chi connectivity index (χ2n) is 5.24. The summed E-state index contributed by atoms with van der Waals surface area (Å²) >= 11 is 0. The summed E-state index contributed by atoms with van der Waals surface area (Å²) < 4.78 is 21.2. The number of benzene rings is 1. The number of carbonyl (C=O) groups is 1. The number of epoxide rings is 1. The first-order valence-electron chi connectivity index (χ1n) is 7.23. The zero-order valence-corrected chi connectivity index (χ0v) is 12.8. The normalized spacial score (nSPS) is 18.0. The van der Waals surface area contributed by atoms with Crippen molar-refractivity contribution in [2.24, 2.45) is 5.92 Å². The van der Waals surface area contributed by atoms with Crippen molar-refractivity contribution in [3.05, 3.63) is 23.8 Å². The fourth-order valence-electron chi connectivity index (χ4n) is 1.68. The van der Waals surface area contributed by atoms with Gasteiger partial charge in [0.25, 0.3) is 0 Å². The fourth-order valence-corrected chi connectivity index (χ4v) is 1.68. The number of rotatable bonds is 8. The molecule has 0 amide bonds. The molecule has 2 unspecified atom stereocenters. The van der Waals surface area contributed by atoms with Gasteiger partial charge in [0.15, 0.2) is 11.5 Å². The highest BCUT2D eigenvalue weighted by Gasteiger charge is 2.24. The molecule has 1 saturated heterocycles. The van der Waals surface area contributed by atoms with E-state index in [2.05, 4.69) is 13.8 Å². The Kier molecular flexibility index (Phi) is 5.44. The van der Waals surface area contributed by atoms with Crippen LogP contribution < -0.4 is 9.47 Å². The van der Waals surface area contributed by atoms with Crippen molar-refractivity contribution in [2.75, 3.05) is 26.9 Å². The van der Waals surface area contributed by atoms with Crippen molar-refractivity contribution >= 4 is 5.97 Å². The number of ether oxygens (including phenoxy) is 4. The van der Waals surface area contributed by atoms with Crippen LogP contribution in [0.3, 0.4) is 0 Å². The van der Waals surface area contributed by atoms with E-state index in [0.29, 0.717) is 42.8 Å². The average Bonchev–Trinajstić information content (AvgIpc) is 3.34. The standard InChI is InChI=1S/C16H22O5/c1-4-11(2)8-20-14-6-5-12(7-15(14)18-3)16(17)21-10-13-9-19-13/h5-7,11,13H,4,8-10H2,1-3H3. The van der Waals surface area contributed by atoms with Crippen LogP contribution in [0.2, 0.25) is 0 Å². The topological polar surface area (TPSA) is 57.3 Å². The van der Waals surface area contributed by atoms with Crippen LogP contribution in [0.25, 0.3) is 0 Å². The summed E-state index contributed by atoms with van der Waals surface area (Å²) in [5, 5.41) is 0. The predicted octanol–water partition coefficient (Wildman–Crippen LogP) is 2.68. The molecule has 2 atom stereocenters. The molecule has 1 aromatic carbocycles. The van der Waals surface area contributed by atoms with Crippen molar-refractivity contribution in [1.29, 1.82) is 0 Å². The maximum absolute atomic E-state index is 11.9. The molecule has 5 heteroatoms. The summed E-state index contributed by atoms with van der Waals surface area (Å²) in [5.41, 5.74) is 0.448. The van der Waals surface area contributed by atoms with Gasteiger partial charge in [0.2, 0.25) is 0 Å². The van der Waals surface area contributed by atoms with E-state index in [1.54, 1.807) is 25.3 Å². The summed E-state index contributed by atoms with van der Waals surface area (Å²) in [5.74, 6) is 1.27. The quantitative estimate of drug-likeness (QED) is 0.545. The van der Waals surface area contributed by atoms with Gasteiger partial charge in [-0.3, -0.25) is 0 Å². The van der Waals surface area contributed by atoms with Gasteiger partial charge < -0.3 is 18.9 Å². The van der Waals surface area contributed by atoms with Crippen LogP contribution >= 0.6 is 0 Å². The van der Waals surface area contributed by atoms with Gasteiger partial charge in [-0.2, -0.15) is 0 Å². The Hall–Kier alpha value is -1.75. The molecule has 0 aliphatic carbocycles. The number of carbonyl (C=O) groups excluding carboxylic acids is 1. The Balaban J connectivity index is 1.98. The first kappa shape index (κ1) is 15.6. The maximum Gasteiger partial charge on any atom is 0.338 e. The van der Waals surface area contributed by atoms with Gasteiger partial charge >= 0.3 is 5.97 Å². The molecular formula is C16H22O5. The molecule has 0 saturated carbocycles. The largest absolute Gasteiger partial charge is 0.493 e. The molecule has 1 fully saturated rings. The van der Waals surface area contributed by atoms with Crippen molar-refractivity contribution in [2.45, 2.75) is 26.4 Å². The predicted molar refractivity (Wildman–Crippen MR) is 78.0 cm³/mol. The third kappa shape index (κ3) is 4.63. The second-order valence-corrected chi connectivity index (χ2v) is 5.24. The molecular weight excluding hydrogens is 272 g/mol. The highest BCUT2D eigenvalue weighted by atomic mass is 16.6. The molecule has 0 radical (unpaired) electrons. The van der Waals surface area contributed by atoms with Crippen LogP contribution in [0, 0.1) is 5.92 Å². The van der Waals surface area contributed by atoms with Crippen LogP contribution in [0.5, 0.6) is 11.5 Å². The van der Waals surface area contributed by atoms with Gasteiger partial charge in [0, 0.05) is 0 Å². The minimum absolute atomic E-state index is 0.0639. The molecule has 0 aromatic heterocycles. The van der Waals surface area contributed by atoms with Gasteiger partial charge in [0.1, 0.15) is 12.7 Å². The summed E-state index contributed by atoms with van der Waals surface area (Å²) in [7, 11) is 1.55. The third-order valence-corrected chi connectivity index (χ3v) is 3.42. The first-order chi connectivity index (χ1) is 10.1. The van der Waals surface area contributed by atoms with Gasteiger partial charge in [0.05, 0.1) is 25.9 Å². The molecule has 1 heterocycles. The molecule has 1 aliphatic heterocycles. The van der Waals surface area contributed by atoms with Crippen molar-refractivity contribution in [3.8, 4) is 11.5 Å². The number of esters is 1. The molecule has 1 aliphatic rings. The highest BCUT2D eigenvalue weighted by molar-refractivity contribution is 5.90. The number of methoxy groups -OCH3 is 1. The SMILES string of the molecule is CCC(C)COc1ccc(C(=O)OCC2CO2)cc1OC. The molecule has 2 rings (SSSR count). The molecule has 1 aromatic rings. The lowest BCUT2D eigenvalue weighted by molar-refractivity contribution is 0.0476. The number of hydrogen-bond donors (Lipinski definition) is 0. The Morgan fingerprint density at radius 1 is 1.43 bits per heavy atom. The monoisotopic (exact) mass is 294 g/mol. The van der Waals surface area contributed by atoms with Crippen LogP contribution in [-0.4, -0.2) is 39.0 Å². The Bertz CT molecular complexity index is 482. The lowest BCUT2D eigenvalue weighted by Crippen LogP contribution is -2.11. The van der Waals surface area contributed by atoms with E-state index in [9.17, 15) is 4.79 Å². The summed E-state index contributed by atoms with van der Waals surface area (Å²) in [4.78, 5) is 11.9. The summed E-state index contributed by atoms with van der Waals surface area (Å²) in [6.07, 6.45) is 1.12. The smallest absolute Gasteiger partial charge is 0.338 e. The van der Waals surface area contributed by atoms with E-state index in [1.165, 1.54) is 0 Å². The third-order valence-electron chi connectivity index (χ3n) is 3.42.